The Kier molecular flexibility index (Phi) is 9.98. The van der Waals surface area contributed by atoms with Crippen LogP contribution in [0.15, 0.2) is 221 Å². The number of furan rings is 1. The van der Waals surface area contributed by atoms with Crippen LogP contribution in [0.25, 0.3) is 88.1 Å². The van der Waals surface area contributed by atoms with Crippen molar-refractivity contribution >= 4 is 60.5 Å². The summed E-state index contributed by atoms with van der Waals surface area (Å²) in [6, 6.07) is 72.4. The molecule has 0 spiro atoms. The van der Waals surface area contributed by atoms with Crippen molar-refractivity contribution < 1.29 is 4.42 Å². The highest BCUT2D eigenvalue weighted by atomic mass is 16.3. The van der Waals surface area contributed by atoms with Gasteiger partial charge in [0.05, 0.1) is 5.70 Å². The van der Waals surface area contributed by atoms with Gasteiger partial charge in [0, 0.05) is 33.5 Å². The Labute approximate surface area is 369 Å². The topological polar surface area (TPSA) is 25.5 Å². The Bertz CT molecular complexity index is 3440. The number of allylic oxidation sites excluding steroid dienone is 3. The highest BCUT2D eigenvalue weighted by Crippen LogP contribution is 2.43. The molecular weight excluding hydrogens is 763 g/mol. The van der Waals surface area contributed by atoms with Gasteiger partial charge in [-0.1, -0.05) is 188 Å². The Balaban J connectivity index is 1.09. The van der Waals surface area contributed by atoms with Gasteiger partial charge >= 0.3 is 0 Å². The number of nitrogens with zero attached hydrogens (tertiary/aromatic N) is 1. The summed E-state index contributed by atoms with van der Waals surface area (Å²) in [5, 5.41) is 7.14. The third-order valence-corrected chi connectivity index (χ3v) is 13.0. The fourth-order valence-corrected chi connectivity index (χ4v) is 9.79. The van der Waals surface area contributed by atoms with E-state index in [4.69, 9.17) is 9.41 Å². The zero-order valence-electron chi connectivity index (χ0n) is 35.7. The monoisotopic (exact) mass is 809 g/mol. The average molecular weight is 810 g/mol. The Morgan fingerprint density at radius 3 is 1.83 bits per heavy atom. The fraction of sp³-hybridized carbons (Fsp3) is 0.0984. The van der Waals surface area contributed by atoms with Gasteiger partial charge < -0.3 is 4.42 Å². The molecule has 2 nitrogen and oxygen atoms in total. The number of hydrogen-bond acceptors (Lipinski definition) is 2. The maximum absolute atomic E-state index is 6.91. The van der Waals surface area contributed by atoms with E-state index in [1.807, 2.05) is 0 Å². The van der Waals surface area contributed by atoms with E-state index in [1.165, 1.54) is 60.5 Å². The number of fused-ring (bicyclic) bond motifs is 5. The number of aliphatic imine (C=N–C) groups is 1. The molecule has 0 bridgehead atoms. The summed E-state index contributed by atoms with van der Waals surface area (Å²) in [6.07, 6.45) is 5.12. The maximum Gasteiger partial charge on any atom is 0.143 e. The van der Waals surface area contributed by atoms with Crippen LogP contribution in [0.4, 0.5) is 0 Å². The van der Waals surface area contributed by atoms with E-state index >= 15 is 0 Å². The summed E-state index contributed by atoms with van der Waals surface area (Å²) < 4.78 is 6.91. The third kappa shape index (κ3) is 7.28. The van der Waals surface area contributed by atoms with Gasteiger partial charge in [-0.2, -0.15) is 0 Å². The van der Waals surface area contributed by atoms with Crippen molar-refractivity contribution in [3.05, 3.63) is 229 Å². The van der Waals surface area contributed by atoms with Crippen LogP contribution in [0.5, 0.6) is 0 Å². The lowest BCUT2D eigenvalue weighted by molar-refractivity contribution is 0.670. The first-order valence-electron chi connectivity index (χ1n) is 22.3. The van der Waals surface area contributed by atoms with E-state index in [0.29, 0.717) is 0 Å². The van der Waals surface area contributed by atoms with Crippen LogP contribution < -0.4 is 0 Å². The summed E-state index contributed by atoms with van der Waals surface area (Å²) in [6.45, 7) is 4.65. The van der Waals surface area contributed by atoms with E-state index in [-0.39, 0.29) is 5.92 Å². The summed E-state index contributed by atoms with van der Waals surface area (Å²) in [7, 11) is 0. The molecule has 0 radical (unpaired) electrons. The molecule has 2 heterocycles. The van der Waals surface area contributed by atoms with Crippen molar-refractivity contribution in [2.45, 2.75) is 33.1 Å². The highest BCUT2D eigenvalue weighted by molar-refractivity contribution is 6.15. The predicted octanol–water partition coefficient (Wildman–Crippen LogP) is 17.0. The molecule has 2 heteroatoms. The number of para-hydroxylation sites is 1. The minimum Gasteiger partial charge on any atom is -0.455 e. The van der Waals surface area contributed by atoms with Crippen LogP contribution in [0.3, 0.4) is 0 Å². The molecule has 1 aliphatic heterocycles. The Morgan fingerprint density at radius 2 is 1.05 bits per heavy atom. The molecular formula is C61H47NO. The van der Waals surface area contributed by atoms with Gasteiger partial charge in [0.1, 0.15) is 11.2 Å². The van der Waals surface area contributed by atoms with Gasteiger partial charge in [-0.3, -0.25) is 4.99 Å². The Morgan fingerprint density at radius 1 is 0.476 bits per heavy atom. The molecule has 0 N–H and O–H groups in total. The first kappa shape index (κ1) is 38.4. The lowest BCUT2D eigenvalue weighted by atomic mass is 9.84. The van der Waals surface area contributed by atoms with Crippen LogP contribution in [0.1, 0.15) is 49.8 Å². The van der Waals surface area contributed by atoms with Gasteiger partial charge in [-0.25, -0.2) is 0 Å². The predicted molar refractivity (Wildman–Crippen MR) is 268 cm³/mol. The minimum absolute atomic E-state index is 0.141. The van der Waals surface area contributed by atoms with Crippen LogP contribution in [-0.4, -0.2) is 5.71 Å². The zero-order valence-corrected chi connectivity index (χ0v) is 35.7. The molecule has 0 aliphatic carbocycles. The van der Waals surface area contributed by atoms with Crippen LogP contribution in [-0.2, 0) is 0 Å². The van der Waals surface area contributed by atoms with Crippen molar-refractivity contribution in [2.75, 3.05) is 0 Å². The average Bonchev–Trinajstić information content (AvgIpc) is 3.76. The number of hydrogen-bond donors (Lipinski definition) is 0. The molecule has 0 amide bonds. The molecule has 1 aromatic heterocycles. The number of benzene rings is 9. The molecule has 10 aromatic rings. The molecule has 1 atom stereocenters. The third-order valence-electron chi connectivity index (χ3n) is 13.0. The second-order valence-electron chi connectivity index (χ2n) is 16.9. The zero-order chi connectivity index (χ0) is 42.3. The summed E-state index contributed by atoms with van der Waals surface area (Å²) >= 11 is 0. The van der Waals surface area contributed by atoms with Gasteiger partial charge in [0.15, 0.2) is 0 Å². The van der Waals surface area contributed by atoms with Gasteiger partial charge in [0.2, 0.25) is 0 Å². The molecule has 0 fully saturated rings. The van der Waals surface area contributed by atoms with Gasteiger partial charge in [-0.15, -0.1) is 0 Å². The summed E-state index contributed by atoms with van der Waals surface area (Å²) in [5.41, 5.74) is 17.2. The van der Waals surface area contributed by atoms with E-state index in [9.17, 15) is 0 Å². The van der Waals surface area contributed by atoms with Crippen LogP contribution in [0, 0.1) is 5.92 Å². The van der Waals surface area contributed by atoms with Gasteiger partial charge in [-0.05, 0) is 123 Å². The van der Waals surface area contributed by atoms with Crippen LogP contribution >= 0.6 is 0 Å². The SMILES string of the molecule is CCC1/C=C(/c2cccc3oc4c(-c5cccc(-c6ccccc6)c5)cccc4c23)N=C(c2ccc3cc(-c4ccccc4)ccc3c2)CCC(C)=C1c1ccc2ccccc2c1. The minimum atomic E-state index is 0.141. The van der Waals surface area contributed by atoms with Crippen LogP contribution in [0.2, 0.25) is 0 Å². The Hall–Kier alpha value is -7.55. The van der Waals surface area contributed by atoms with Crippen molar-refractivity contribution in [1.29, 1.82) is 0 Å². The molecule has 0 saturated heterocycles. The summed E-state index contributed by atoms with van der Waals surface area (Å²) in [5.74, 6) is 0.141. The normalized spacial score (nSPS) is 15.6. The standard InChI is InChI=1S/C61H47NO/c1-3-41-39-57(54-24-14-26-58-60(54)55-25-13-23-53(61(55)63-58)50-22-12-21-46(36-50)42-15-6-4-7-16-42)62-56(34-27-40(2)59(41)52-33-28-44-19-10-11-20-45(44)38-52)51-32-31-48-35-47(29-30-49(48)37-51)43-17-8-5-9-18-43/h4-26,28-33,35-39,41H,3,27,34H2,1-2H3/b57-39-,59-40?,62-56?. The van der Waals surface area contributed by atoms with Crippen molar-refractivity contribution in [1.82, 2.24) is 0 Å². The molecule has 1 aliphatic rings. The quantitative estimate of drug-likeness (QED) is 0.157. The molecule has 0 saturated carbocycles. The van der Waals surface area contributed by atoms with Gasteiger partial charge in [0.25, 0.3) is 0 Å². The van der Waals surface area contributed by atoms with Crippen molar-refractivity contribution in [2.24, 2.45) is 10.9 Å². The van der Waals surface area contributed by atoms with Crippen molar-refractivity contribution in [3.8, 4) is 33.4 Å². The largest absolute Gasteiger partial charge is 0.455 e. The molecule has 63 heavy (non-hydrogen) atoms. The molecule has 11 rings (SSSR count). The molecule has 302 valence electrons. The highest BCUT2D eigenvalue weighted by Gasteiger charge is 2.23. The first-order chi connectivity index (χ1) is 31.1. The van der Waals surface area contributed by atoms with E-state index < -0.39 is 0 Å². The first-order valence-corrected chi connectivity index (χ1v) is 22.3. The lowest BCUT2D eigenvalue weighted by Gasteiger charge is -2.21. The smallest absolute Gasteiger partial charge is 0.143 e. The van der Waals surface area contributed by atoms with E-state index in [0.717, 1.165) is 74.9 Å². The van der Waals surface area contributed by atoms with E-state index in [2.05, 4.69) is 220 Å². The second-order valence-corrected chi connectivity index (χ2v) is 16.9. The number of rotatable bonds is 7. The lowest BCUT2D eigenvalue weighted by Crippen LogP contribution is -2.04. The maximum atomic E-state index is 6.91. The second kappa shape index (κ2) is 16.4. The molecule has 9 aromatic carbocycles. The molecule has 1 unspecified atom stereocenters. The fourth-order valence-electron chi connectivity index (χ4n) is 9.79. The summed E-state index contributed by atoms with van der Waals surface area (Å²) in [4.78, 5) is 5.79. The van der Waals surface area contributed by atoms with Crippen molar-refractivity contribution in [3.63, 3.8) is 0 Å². The van der Waals surface area contributed by atoms with E-state index in [1.54, 1.807) is 0 Å².